The zero-order chi connectivity index (χ0) is 20.9. The number of hydrogen-bond acceptors (Lipinski definition) is 4. The molecule has 2 aromatic carbocycles. The van der Waals surface area contributed by atoms with Crippen molar-refractivity contribution in [2.75, 3.05) is 18.0 Å². The van der Waals surface area contributed by atoms with Gasteiger partial charge < -0.3 is 10.2 Å². The lowest BCUT2D eigenvalue weighted by Crippen LogP contribution is -2.43. The van der Waals surface area contributed by atoms with E-state index in [1.54, 1.807) is 0 Å². The number of anilines is 1. The van der Waals surface area contributed by atoms with Crippen molar-refractivity contribution in [3.63, 3.8) is 0 Å². The Kier molecular flexibility index (Phi) is 6.43. The first-order chi connectivity index (χ1) is 14.6. The van der Waals surface area contributed by atoms with E-state index in [2.05, 4.69) is 67.5 Å². The number of hydrogen-bond donors (Lipinski definition) is 1. The van der Waals surface area contributed by atoms with Gasteiger partial charge in [0.05, 0.1) is 11.6 Å². The molecule has 1 atom stereocenters. The Morgan fingerprint density at radius 2 is 1.83 bits per heavy atom. The smallest absolute Gasteiger partial charge is 0.225 e. The molecule has 2 heterocycles. The molecule has 0 bridgehead atoms. The molecule has 1 saturated heterocycles. The van der Waals surface area contributed by atoms with Gasteiger partial charge in [-0.05, 0) is 49.6 Å². The number of rotatable bonds is 5. The second-order valence-electron chi connectivity index (χ2n) is 7.77. The molecule has 5 nitrogen and oxygen atoms in total. The van der Waals surface area contributed by atoms with Gasteiger partial charge in [-0.1, -0.05) is 57.9 Å². The van der Waals surface area contributed by atoms with Crippen LogP contribution in [-0.4, -0.2) is 29.2 Å². The van der Waals surface area contributed by atoms with Crippen molar-refractivity contribution in [2.24, 2.45) is 5.92 Å². The van der Waals surface area contributed by atoms with Crippen molar-refractivity contribution in [3.8, 4) is 11.3 Å². The van der Waals surface area contributed by atoms with Gasteiger partial charge in [-0.3, -0.25) is 4.79 Å². The molecule has 0 aliphatic carbocycles. The maximum absolute atomic E-state index is 12.7. The van der Waals surface area contributed by atoms with Crippen LogP contribution in [0.4, 0.5) is 5.82 Å². The number of piperidine rings is 1. The normalized spacial score (nSPS) is 16.3. The number of carbonyl (C=O) groups is 1. The quantitative estimate of drug-likeness (QED) is 0.591. The van der Waals surface area contributed by atoms with Gasteiger partial charge in [-0.2, -0.15) is 0 Å². The SMILES string of the molecule is Cc1ccc(-c2ccc(N3CCC[C@H](C(=O)NCc4ccc(Br)cc4)C3)nn2)cc1. The third-order valence-corrected chi connectivity index (χ3v) is 6.02. The number of nitrogens with one attached hydrogen (secondary N) is 1. The van der Waals surface area contributed by atoms with E-state index in [1.807, 2.05) is 36.4 Å². The Bertz CT molecular complexity index is 987. The number of carbonyl (C=O) groups excluding carboxylic acids is 1. The zero-order valence-electron chi connectivity index (χ0n) is 17.0. The lowest BCUT2D eigenvalue weighted by atomic mass is 9.97. The van der Waals surface area contributed by atoms with Gasteiger partial charge in [0.15, 0.2) is 5.82 Å². The number of nitrogens with zero attached hydrogens (tertiary/aromatic N) is 3. The van der Waals surface area contributed by atoms with Crippen molar-refractivity contribution in [1.82, 2.24) is 15.5 Å². The number of benzene rings is 2. The summed E-state index contributed by atoms with van der Waals surface area (Å²) in [6.07, 6.45) is 1.87. The van der Waals surface area contributed by atoms with Crippen LogP contribution in [0.5, 0.6) is 0 Å². The molecule has 1 aliphatic rings. The van der Waals surface area contributed by atoms with E-state index in [-0.39, 0.29) is 11.8 Å². The predicted molar refractivity (Wildman–Crippen MR) is 123 cm³/mol. The van der Waals surface area contributed by atoms with Gasteiger partial charge in [0, 0.05) is 29.7 Å². The van der Waals surface area contributed by atoms with Crippen molar-refractivity contribution in [1.29, 1.82) is 0 Å². The number of aryl methyl sites for hydroxylation is 1. The number of amides is 1. The van der Waals surface area contributed by atoms with Crippen LogP contribution < -0.4 is 10.2 Å². The lowest BCUT2D eigenvalue weighted by Gasteiger charge is -2.32. The summed E-state index contributed by atoms with van der Waals surface area (Å²) < 4.78 is 1.04. The van der Waals surface area contributed by atoms with Gasteiger partial charge in [0.25, 0.3) is 0 Å². The summed E-state index contributed by atoms with van der Waals surface area (Å²) in [5, 5.41) is 11.9. The van der Waals surface area contributed by atoms with Crippen LogP contribution in [0.15, 0.2) is 65.1 Å². The Labute approximate surface area is 185 Å². The molecule has 6 heteroatoms. The van der Waals surface area contributed by atoms with E-state index in [0.717, 1.165) is 46.5 Å². The molecule has 0 unspecified atom stereocenters. The monoisotopic (exact) mass is 464 g/mol. The van der Waals surface area contributed by atoms with E-state index < -0.39 is 0 Å². The first-order valence-electron chi connectivity index (χ1n) is 10.3. The second kappa shape index (κ2) is 9.39. The van der Waals surface area contributed by atoms with E-state index in [1.165, 1.54) is 5.56 Å². The number of aromatic nitrogens is 2. The average molecular weight is 465 g/mol. The summed E-state index contributed by atoms with van der Waals surface area (Å²) in [7, 11) is 0. The standard InChI is InChI=1S/C24H25BrN4O/c1-17-4-8-19(9-5-17)22-12-13-23(28-27-22)29-14-2-3-20(16-29)24(30)26-15-18-6-10-21(25)11-7-18/h4-13,20H,2-3,14-16H2,1H3,(H,26,30)/t20-/m0/s1. The third kappa shape index (κ3) is 5.05. The molecule has 0 spiro atoms. The van der Waals surface area contributed by atoms with Crippen LogP contribution in [0.2, 0.25) is 0 Å². The minimum absolute atomic E-state index is 0.0345. The Morgan fingerprint density at radius 3 is 2.53 bits per heavy atom. The van der Waals surface area contributed by atoms with Crippen molar-refractivity contribution in [3.05, 3.63) is 76.3 Å². The molecule has 1 amide bonds. The molecule has 4 rings (SSSR count). The first-order valence-corrected chi connectivity index (χ1v) is 11.1. The van der Waals surface area contributed by atoms with Crippen LogP contribution in [0.25, 0.3) is 11.3 Å². The summed E-state index contributed by atoms with van der Waals surface area (Å²) >= 11 is 3.43. The van der Waals surface area contributed by atoms with Crippen LogP contribution >= 0.6 is 15.9 Å². The molecule has 3 aromatic rings. The van der Waals surface area contributed by atoms with Gasteiger partial charge in [0.1, 0.15) is 0 Å². The Morgan fingerprint density at radius 1 is 1.07 bits per heavy atom. The Balaban J connectivity index is 1.36. The van der Waals surface area contributed by atoms with E-state index in [0.29, 0.717) is 13.1 Å². The van der Waals surface area contributed by atoms with Crippen LogP contribution in [-0.2, 0) is 11.3 Å². The molecule has 1 aliphatic heterocycles. The van der Waals surface area contributed by atoms with Crippen LogP contribution in [0, 0.1) is 12.8 Å². The highest BCUT2D eigenvalue weighted by Crippen LogP contribution is 2.24. The summed E-state index contributed by atoms with van der Waals surface area (Å²) in [6, 6.07) is 20.3. The lowest BCUT2D eigenvalue weighted by molar-refractivity contribution is -0.125. The molecular formula is C24H25BrN4O. The summed E-state index contributed by atoms with van der Waals surface area (Å²) in [5.41, 5.74) is 4.24. The first kappa shape index (κ1) is 20.5. The molecular weight excluding hydrogens is 440 g/mol. The largest absolute Gasteiger partial charge is 0.354 e. The molecule has 1 N–H and O–H groups in total. The maximum atomic E-state index is 12.7. The van der Waals surface area contributed by atoms with Crippen molar-refractivity contribution < 1.29 is 4.79 Å². The molecule has 30 heavy (non-hydrogen) atoms. The minimum atomic E-state index is -0.0345. The van der Waals surface area contributed by atoms with E-state index >= 15 is 0 Å². The van der Waals surface area contributed by atoms with Gasteiger partial charge in [-0.25, -0.2) is 0 Å². The van der Waals surface area contributed by atoms with Gasteiger partial charge in [0.2, 0.25) is 5.91 Å². The fraction of sp³-hybridized carbons (Fsp3) is 0.292. The summed E-state index contributed by atoms with van der Waals surface area (Å²) in [6.45, 7) is 4.19. The molecule has 0 radical (unpaired) electrons. The average Bonchev–Trinajstić information content (AvgIpc) is 2.79. The third-order valence-electron chi connectivity index (χ3n) is 5.49. The maximum Gasteiger partial charge on any atom is 0.225 e. The van der Waals surface area contributed by atoms with Gasteiger partial charge in [-0.15, -0.1) is 10.2 Å². The predicted octanol–water partition coefficient (Wildman–Crippen LogP) is 4.75. The fourth-order valence-electron chi connectivity index (χ4n) is 3.71. The summed E-state index contributed by atoms with van der Waals surface area (Å²) in [5.74, 6) is 0.899. The van der Waals surface area contributed by atoms with E-state index in [4.69, 9.17) is 0 Å². The molecule has 1 aromatic heterocycles. The molecule has 0 saturated carbocycles. The zero-order valence-corrected chi connectivity index (χ0v) is 18.6. The fourth-order valence-corrected chi connectivity index (χ4v) is 3.97. The second-order valence-corrected chi connectivity index (χ2v) is 8.69. The Hall–Kier alpha value is -2.73. The molecule has 1 fully saturated rings. The van der Waals surface area contributed by atoms with Crippen LogP contribution in [0.3, 0.4) is 0 Å². The summed E-state index contributed by atoms with van der Waals surface area (Å²) in [4.78, 5) is 14.9. The topological polar surface area (TPSA) is 58.1 Å². The van der Waals surface area contributed by atoms with E-state index in [9.17, 15) is 4.79 Å². The molecule has 154 valence electrons. The highest BCUT2D eigenvalue weighted by molar-refractivity contribution is 9.10. The van der Waals surface area contributed by atoms with Gasteiger partial charge >= 0.3 is 0 Å². The van der Waals surface area contributed by atoms with Crippen LogP contribution in [0.1, 0.15) is 24.0 Å². The highest BCUT2D eigenvalue weighted by atomic mass is 79.9. The number of halogens is 1. The van der Waals surface area contributed by atoms with Crippen molar-refractivity contribution in [2.45, 2.75) is 26.3 Å². The highest BCUT2D eigenvalue weighted by Gasteiger charge is 2.26. The minimum Gasteiger partial charge on any atom is -0.354 e. The van der Waals surface area contributed by atoms with Crippen molar-refractivity contribution >= 4 is 27.7 Å².